The van der Waals surface area contributed by atoms with Gasteiger partial charge < -0.3 is 5.32 Å². The monoisotopic (exact) mass is 170 g/mol. The van der Waals surface area contributed by atoms with Crippen LogP contribution in [0.4, 0.5) is 0 Å². The molecular formula is C7H10N2OS. The van der Waals surface area contributed by atoms with Gasteiger partial charge in [-0.05, 0) is 18.6 Å². The summed E-state index contributed by atoms with van der Waals surface area (Å²) in [5, 5.41) is 10.8. The molecule has 1 aliphatic rings. The summed E-state index contributed by atoms with van der Waals surface area (Å²) in [6, 6.07) is 1.88. The smallest absolute Gasteiger partial charge is 0.233 e. The first-order chi connectivity index (χ1) is 5.34. The number of rotatable bonds is 2. The molecule has 1 rings (SSSR count). The highest BCUT2D eigenvalue weighted by atomic mass is 32.2. The summed E-state index contributed by atoms with van der Waals surface area (Å²) in [6.07, 6.45) is 2.08. The van der Waals surface area contributed by atoms with Crippen LogP contribution >= 0.6 is 11.8 Å². The molecule has 1 saturated heterocycles. The van der Waals surface area contributed by atoms with E-state index in [1.807, 2.05) is 6.07 Å². The van der Waals surface area contributed by atoms with Crippen molar-refractivity contribution < 1.29 is 4.79 Å². The van der Waals surface area contributed by atoms with Crippen LogP contribution < -0.4 is 5.32 Å². The maximum Gasteiger partial charge on any atom is 0.233 e. The fourth-order valence-corrected chi connectivity index (χ4v) is 2.21. The Bertz CT molecular complexity index is 181. The minimum Gasteiger partial charge on any atom is -0.342 e. The standard InChI is InChI=1S/C7H10N2OS/c8-3-4-9-7(10)6-2-1-5-11-6/h6H,1-2,4-5H2,(H,9,10). The molecular weight excluding hydrogens is 160 g/mol. The molecule has 0 aromatic rings. The normalized spacial score (nSPS) is 22.6. The molecule has 0 saturated carbocycles. The predicted octanol–water partition coefficient (Wildman–Crippen LogP) is 0.522. The molecule has 4 heteroatoms. The van der Waals surface area contributed by atoms with Crippen molar-refractivity contribution in [1.82, 2.24) is 5.32 Å². The predicted molar refractivity (Wildman–Crippen MR) is 44.1 cm³/mol. The lowest BCUT2D eigenvalue weighted by Crippen LogP contribution is -2.31. The Morgan fingerprint density at radius 2 is 2.64 bits per heavy atom. The fourth-order valence-electron chi connectivity index (χ4n) is 1.02. The Kier molecular flexibility index (Phi) is 3.24. The molecule has 11 heavy (non-hydrogen) atoms. The van der Waals surface area contributed by atoms with E-state index >= 15 is 0 Å². The number of hydrogen-bond acceptors (Lipinski definition) is 3. The molecule has 1 N–H and O–H groups in total. The zero-order valence-corrected chi connectivity index (χ0v) is 6.99. The number of carbonyl (C=O) groups is 1. The molecule has 3 nitrogen and oxygen atoms in total. The zero-order valence-electron chi connectivity index (χ0n) is 6.17. The van der Waals surface area contributed by atoms with Crippen molar-refractivity contribution in [2.75, 3.05) is 12.3 Å². The van der Waals surface area contributed by atoms with Gasteiger partial charge in [-0.25, -0.2) is 0 Å². The van der Waals surface area contributed by atoms with Crippen LogP contribution in [0, 0.1) is 11.3 Å². The van der Waals surface area contributed by atoms with Crippen molar-refractivity contribution in [3.8, 4) is 6.07 Å². The third-order valence-corrected chi connectivity index (χ3v) is 2.94. The van der Waals surface area contributed by atoms with Crippen LogP contribution in [0.3, 0.4) is 0 Å². The Hall–Kier alpha value is -0.690. The molecule has 1 heterocycles. The lowest BCUT2D eigenvalue weighted by Gasteiger charge is -2.05. The number of thioether (sulfide) groups is 1. The van der Waals surface area contributed by atoms with Crippen LogP contribution in [0.2, 0.25) is 0 Å². The van der Waals surface area contributed by atoms with Gasteiger partial charge in [0.2, 0.25) is 5.91 Å². The molecule has 1 amide bonds. The minimum atomic E-state index is 0.0223. The summed E-state index contributed by atoms with van der Waals surface area (Å²) in [4.78, 5) is 11.1. The van der Waals surface area contributed by atoms with Crippen molar-refractivity contribution in [1.29, 1.82) is 5.26 Å². The number of hydrogen-bond donors (Lipinski definition) is 1. The van der Waals surface area contributed by atoms with Gasteiger partial charge in [0.05, 0.1) is 11.3 Å². The molecule has 1 atom stereocenters. The van der Waals surface area contributed by atoms with E-state index in [4.69, 9.17) is 5.26 Å². The van der Waals surface area contributed by atoms with Crippen LogP contribution in [0.5, 0.6) is 0 Å². The number of amides is 1. The summed E-state index contributed by atoms with van der Waals surface area (Å²) in [5.41, 5.74) is 0. The Labute approximate surface area is 70.2 Å². The second kappa shape index (κ2) is 4.24. The van der Waals surface area contributed by atoms with Crippen LogP contribution in [0.1, 0.15) is 12.8 Å². The molecule has 0 aromatic heterocycles. The van der Waals surface area contributed by atoms with E-state index < -0.39 is 0 Å². The first-order valence-corrected chi connectivity index (χ1v) is 4.65. The minimum absolute atomic E-state index is 0.0223. The average molecular weight is 170 g/mol. The first-order valence-electron chi connectivity index (χ1n) is 3.61. The third kappa shape index (κ3) is 2.43. The van der Waals surface area contributed by atoms with Crippen molar-refractivity contribution in [3.63, 3.8) is 0 Å². The Morgan fingerprint density at radius 3 is 3.18 bits per heavy atom. The maximum absolute atomic E-state index is 11.1. The van der Waals surface area contributed by atoms with Gasteiger partial charge in [0.15, 0.2) is 0 Å². The molecule has 0 aromatic carbocycles. The second-order valence-electron chi connectivity index (χ2n) is 2.38. The van der Waals surface area contributed by atoms with Crippen molar-refractivity contribution in [3.05, 3.63) is 0 Å². The number of nitrogens with one attached hydrogen (secondary N) is 1. The van der Waals surface area contributed by atoms with E-state index in [0.29, 0.717) is 0 Å². The first kappa shape index (κ1) is 8.41. The molecule has 1 fully saturated rings. The van der Waals surface area contributed by atoms with E-state index in [9.17, 15) is 4.79 Å². The van der Waals surface area contributed by atoms with Crippen LogP contribution in [0.15, 0.2) is 0 Å². The van der Waals surface area contributed by atoms with Gasteiger partial charge in [-0.2, -0.15) is 5.26 Å². The van der Waals surface area contributed by atoms with Gasteiger partial charge >= 0.3 is 0 Å². The van der Waals surface area contributed by atoms with Crippen LogP contribution in [-0.2, 0) is 4.79 Å². The van der Waals surface area contributed by atoms with E-state index in [-0.39, 0.29) is 17.7 Å². The summed E-state index contributed by atoms with van der Waals surface area (Å²) in [6.45, 7) is 0.135. The molecule has 1 unspecified atom stereocenters. The summed E-state index contributed by atoms with van der Waals surface area (Å²) in [7, 11) is 0. The molecule has 0 spiro atoms. The molecule has 0 bridgehead atoms. The summed E-state index contributed by atoms with van der Waals surface area (Å²) >= 11 is 1.68. The van der Waals surface area contributed by atoms with Gasteiger partial charge in [0.1, 0.15) is 6.54 Å². The largest absolute Gasteiger partial charge is 0.342 e. The fraction of sp³-hybridized carbons (Fsp3) is 0.714. The zero-order chi connectivity index (χ0) is 8.10. The Morgan fingerprint density at radius 1 is 1.82 bits per heavy atom. The third-order valence-electron chi connectivity index (χ3n) is 1.56. The molecule has 0 radical (unpaired) electrons. The van der Waals surface area contributed by atoms with Crippen LogP contribution in [0.25, 0.3) is 0 Å². The van der Waals surface area contributed by atoms with Gasteiger partial charge in [-0.15, -0.1) is 11.8 Å². The summed E-state index contributed by atoms with van der Waals surface area (Å²) < 4.78 is 0. The second-order valence-corrected chi connectivity index (χ2v) is 3.69. The van der Waals surface area contributed by atoms with Gasteiger partial charge in [0.25, 0.3) is 0 Å². The highest BCUT2D eigenvalue weighted by Crippen LogP contribution is 2.25. The molecule has 60 valence electrons. The van der Waals surface area contributed by atoms with E-state index in [2.05, 4.69) is 5.32 Å². The lowest BCUT2D eigenvalue weighted by atomic mass is 10.2. The van der Waals surface area contributed by atoms with Crippen molar-refractivity contribution in [2.45, 2.75) is 18.1 Å². The summed E-state index contributed by atoms with van der Waals surface area (Å²) in [5.74, 6) is 1.10. The number of nitriles is 1. The number of nitrogens with zero attached hydrogens (tertiary/aromatic N) is 1. The van der Waals surface area contributed by atoms with Gasteiger partial charge in [-0.1, -0.05) is 0 Å². The van der Waals surface area contributed by atoms with E-state index in [1.54, 1.807) is 11.8 Å². The lowest BCUT2D eigenvalue weighted by molar-refractivity contribution is -0.120. The average Bonchev–Trinajstić information content (AvgIpc) is 2.52. The molecule has 1 aliphatic heterocycles. The van der Waals surface area contributed by atoms with E-state index in [1.165, 1.54) is 0 Å². The quantitative estimate of drug-likeness (QED) is 0.615. The van der Waals surface area contributed by atoms with Crippen molar-refractivity contribution in [2.24, 2.45) is 0 Å². The maximum atomic E-state index is 11.1. The highest BCUT2D eigenvalue weighted by Gasteiger charge is 2.22. The van der Waals surface area contributed by atoms with Gasteiger partial charge in [-0.3, -0.25) is 4.79 Å². The topological polar surface area (TPSA) is 52.9 Å². The highest BCUT2D eigenvalue weighted by molar-refractivity contribution is 8.00. The molecule has 0 aliphatic carbocycles. The SMILES string of the molecule is N#CCNC(=O)C1CCCS1. The van der Waals surface area contributed by atoms with Crippen molar-refractivity contribution >= 4 is 17.7 Å². The van der Waals surface area contributed by atoms with E-state index in [0.717, 1.165) is 18.6 Å². The Balaban J connectivity index is 2.24. The number of carbonyl (C=O) groups excluding carboxylic acids is 1. The van der Waals surface area contributed by atoms with Gasteiger partial charge in [0, 0.05) is 0 Å². The van der Waals surface area contributed by atoms with Crippen LogP contribution in [-0.4, -0.2) is 23.5 Å².